The minimum atomic E-state index is -0.705. The molecule has 7 aromatic rings. The number of carbonyl (C=O) groups excluding carboxylic acids is 1. The van der Waals surface area contributed by atoms with E-state index in [0.29, 0.717) is 11.0 Å². The van der Waals surface area contributed by atoms with E-state index in [1.165, 1.54) is 0 Å². The van der Waals surface area contributed by atoms with E-state index in [4.69, 9.17) is 9.15 Å². The van der Waals surface area contributed by atoms with Crippen molar-refractivity contribution in [3.05, 3.63) is 130 Å². The zero-order valence-corrected chi connectivity index (χ0v) is 21.2. The Hall–Kier alpha value is -5.10. The molecule has 39 heavy (non-hydrogen) atoms. The topological polar surface area (TPSA) is 88.1 Å². The van der Waals surface area contributed by atoms with Crippen molar-refractivity contribution in [2.75, 3.05) is 6.61 Å². The molecule has 0 aliphatic carbocycles. The minimum Gasteiger partial charge on any atom is -0.462 e. The molecule has 0 atom stereocenters. The summed E-state index contributed by atoms with van der Waals surface area (Å²) in [6.07, 6.45) is 4.15. The zero-order chi connectivity index (χ0) is 26.5. The first-order valence-corrected chi connectivity index (χ1v) is 12.9. The molecular weight excluding hydrogens is 488 g/mol. The molecule has 0 saturated heterocycles. The molecule has 3 aromatic heterocycles. The lowest BCUT2D eigenvalue weighted by Crippen LogP contribution is -2.16. The second-order valence-corrected chi connectivity index (χ2v) is 9.61. The van der Waals surface area contributed by atoms with Crippen molar-refractivity contribution in [3.8, 4) is 0 Å². The molecule has 0 radical (unpaired) electrons. The first-order valence-electron chi connectivity index (χ1n) is 12.9. The lowest BCUT2D eigenvalue weighted by Gasteiger charge is -2.20. The molecule has 6 heteroatoms. The lowest BCUT2D eigenvalue weighted by atomic mass is 9.81. The number of ether oxygens (including phenoxy) is 1. The summed E-state index contributed by atoms with van der Waals surface area (Å²) < 4.78 is 10.9. The van der Waals surface area contributed by atoms with E-state index in [1.807, 2.05) is 48.5 Å². The van der Waals surface area contributed by atoms with Crippen LogP contribution in [0.25, 0.3) is 43.5 Å². The van der Waals surface area contributed by atoms with Crippen LogP contribution in [0, 0.1) is 0 Å². The average molecular weight is 513 g/mol. The third-order valence-corrected chi connectivity index (χ3v) is 7.44. The summed E-state index contributed by atoms with van der Waals surface area (Å²) in [5, 5.41) is 4.70. The molecule has 0 aliphatic heterocycles. The summed E-state index contributed by atoms with van der Waals surface area (Å²) in [5.74, 6) is -0.850. The number of hydrogen-bond donors (Lipinski definition) is 2. The Morgan fingerprint density at radius 1 is 0.769 bits per heavy atom. The summed E-state index contributed by atoms with van der Waals surface area (Å²) in [6.45, 7) is 1.88. The average Bonchev–Trinajstić information content (AvgIpc) is 3.59. The van der Waals surface area contributed by atoms with Gasteiger partial charge in [-0.15, -0.1) is 0 Å². The highest BCUT2D eigenvalue weighted by Crippen LogP contribution is 2.43. The van der Waals surface area contributed by atoms with E-state index in [1.54, 1.807) is 13.0 Å². The number of para-hydroxylation sites is 2. The number of benzene rings is 4. The van der Waals surface area contributed by atoms with Crippen LogP contribution < -0.4 is 5.63 Å². The highest BCUT2D eigenvalue weighted by atomic mass is 16.5. The fraction of sp³-hybridized carbons (Fsp3) is 0.0909. The minimum absolute atomic E-state index is 0.110. The van der Waals surface area contributed by atoms with E-state index in [2.05, 4.69) is 52.7 Å². The highest BCUT2D eigenvalue weighted by molar-refractivity contribution is 6.08. The normalized spacial score (nSPS) is 11.7. The first-order chi connectivity index (χ1) is 19.1. The van der Waals surface area contributed by atoms with Crippen molar-refractivity contribution < 1.29 is 13.9 Å². The predicted molar refractivity (Wildman–Crippen MR) is 153 cm³/mol. The van der Waals surface area contributed by atoms with Crippen molar-refractivity contribution in [3.63, 3.8) is 0 Å². The largest absolute Gasteiger partial charge is 0.462 e. The van der Waals surface area contributed by atoms with Gasteiger partial charge >= 0.3 is 11.6 Å². The third kappa shape index (κ3) is 3.64. The predicted octanol–water partition coefficient (Wildman–Crippen LogP) is 7.27. The molecular formula is C33H24N2O4. The molecule has 6 nitrogen and oxygen atoms in total. The molecule has 0 spiro atoms. The smallest absolute Gasteiger partial charge is 0.351 e. The van der Waals surface area contributed by atoms with Crippen LogP contribution >= 0.6 is 0 Å². The van der Waals surface area contributed by atoms with E-state index in [9.17, 15) is 9.59 Å². The summed E-state index contributed by atoms with van der Waals surface area (Å²) in [7, 11) is 0. The SMILES string of the molecule is CCOC(=O)c1cc2cc(C(c3c[nH]c4ccccc34)c3c[nH]c4ccccc34)c3ccccc3c2oc1=O. The Labute approximate surface area is 222 Å². The van der Waals surface area contributed by atoms with Gasteiger partial charge < -0.3 is 19.1 Å². The van der Waals surface area contributed by atoms with E-state index in [0.717, 1.165) is 49.3 Å². The Morgan fingerprint density at radius 3 is 1.95 bits per heavy atom. The van der Waals surface area contributed by atoms with Gasteiger partial charge in [-0.3, -0.25) is 0 Å². The maximum Gasteiger partial charge on any atom is 0.351 e. The van der Waals surface area contributed by atoms with Gasteiger partial charge in [0.05, 0.1) is 6.61 Å². The summed E-state index contributed by atoms with van der Waals surface area (Å²) >= 11 is 0. The van der Waals surface area contributed by atoms with Gasteiger partial charge in [-0.1, -0.05) is 60.7 Å². The maximum absolute atomic E-state index is 12.8. The van der Waals surface area contributed by atoms with Crippen LogP contribution in [0.3, 0.4) is 0 Å². The summed E-state index contributed by atoms with van der Waals surface area (Å²) in [4.78, 5) is 32.3. The van der Waals surface area contributed by atoms with Gasteiger partial charge in [-0.2, -0.15) is 0 Å². The van der Waals surface area contributed by atoms with Gasteiger partial charge in [0, 0.05) is 50.9 Å². The van der Waals surface area contributed by atoms with Gasteiger partial charge in [0.1, 0.15) is 11.1 Å². The Kier molecular flexibility index (Phi) is 5.33. The molecule has 2 N–H and O–H groups in total. The van der Waals surface area contributed by atoms with Crippen LogP contribution in [0.5, 0.6) is 0 Å². The van der Waals surface area contributed by atoms with Gasteiger partial charge in [0.15, 0.2) is 0 Å². The Bertz CT molecular complexity index is 2020. The number of aromatic amines is 2. The quantitative estimate of drug-likeness (QED) is 0.144. The molecule has 0 aliphatic rings. The van der Waals surface area contributed by atoms with Crippen LogP contribution in [0.2, 0.25) is 0 Å². The molecule has 3 heterocycles. The Balaban J connectivity index is 1.59. The molecule has 0 saturated carbocycles. The number of hydrogen-bond acceptors (Lipinski definition) is 4. The fourth-order valence-electron chi connectivity index (χ4n) is 5.74. The highest BCUT2D eigenvalue weighted by Gasteiger charge is 2.26. The monoisotopic (exact) mass is 512 g/mol. The molecule has 190 valence electrons. The first kappa shape index (κ1) is 23.0. The van der Waals surface area contributed by atoms with E-state index in [-0.39, 0.29) is 18.1 Å². The number of esters is 1. The number of aromatic nitrogens is 2. The van der Waals surface area contributed by atoms with Crippen molar-refractivity contribution in [2.45, 2.75) is 12.8 Å². The van der Waals surface area contributed by atoms with Gasteiger partial charge in [-0.05, 0) is 53.3 Å². The van der Waals surface area contributed by atoms with Gasteiger partial charge in [0.2, 0.25) is 0 Å². The third-order valence-electron chi connectivity index (χ3n) is 7.44. The standard InChI is InChI=1S/C33H24N2O4/c1-2-38-32(36)25-16-19-15-24(20-9-3-4-12-23(20)31(19)39-33(25)37)30(26-17-34-28-13-7-5-10-21(26)28)27-18-35-29-14-8-6-11-22(27)29/h3-18,30,34-35H,2H2,1H3. The number of fused-ring (bicyclic) bond motifs is 5. The van der Waals surface area contributed by atoms with E-state index < -0.39 is 11.6 Å². The zero-order valence-electron chi connectivity index (χ0n) is 21.2. The van der Waals surface area contributed by atoms with Crippen molar-refractivity contribution >= 4 is 49.5 Å². The van der Waals surface area contributed by atoms with Crippen LogP contribution in [0.15, 0.2) is 107 Å². The summed E-state index contributed by atoms with van der Waals surface area (Å²) in [6, 6.07) is 28.1. The molecule has 4 aromatic carbocycles. The molecule has 7 rings (SSSR count). The summed E-state index contributed by atoms with van der Waals surface area (Å²) in [5.41, 5.74) is 5.03. The maximum atomic E-state index is 12.8. The lowest BCUT2D eigenvalue weighted by molar-refractivity contribution is 0.0522. The van der Waals surface area contributed by atoms with Crippen LogP contribution in [-0.4, -0.2) is 22.5 Å². The van der Waals surface area contributed by atoms with Crippen molar-refractivity contribution in [1.82, 2.24) is 9.97 Å². The molecule has 0 amide bonds. The van der Waals surface area contributed by atoms with E-state index >= 15 is 0 Å². The van der Waals surface area contributed by atoms with Crippen LogP contribution in [0.1, 0.15) is 39.9 Å². The van der Waals surface area contributed by atoms with Crippen molar-refractivity contribution in [1.29, 1.82) is 0 Å². The van der Waals surface area contributed by atoms with Gasteiger partial charge in [-0.25, -0.2) is 9.59 Å². The second kappa shape index (κ2) is 9.03. The number of H-pyrrole nitrogens is 2. The molecule has 0 fully saturated rings. The van der Waals surface area contributed by atoms with Crippen molar-refractivity contribution in [2.24, 2.45) is 0 Å². The number of carbonyl (C=O) groups is 1. The fourth-order valence-corrected chi connectivity index (χ4v) is 5.74. The van der Waals surface area contributed by atoms with Crippen LogP contribution in [0.4, 0.5) is 0 Å². The van der Waals surface area contributed by atoms with Crippen LogP contribution in [-0.2, 0) is 4.74 Å². The second-order valence-electron chi connectivity index (χ2n) is 9.61. The Morgan fingerprint density at radius 2 is 1.33 bits per heavy atom. The number of nitrogens with one attached hydrogen (secondary N) is 2. The number of rotatable bonds is 5. The molecule has 0 unspecified atom stereocenters. The van der Waals surface area contributed by atoms with Gasteiger partial charge in [0.25, 0.3) is 0 Å². The molecule has 0 bridgehead atoms.